The zero-order valence-corrected chi connectivity index (χ0v) is 20.8. The lowest BCUT2D eigenvalue weighted by molar-refractivity contribution is 0.102. The molecule has 0 aliphatic carbocycles. The summed E-state index contributed by atoms with van der Waals surface area (Å²) in [6, 6.07) is 19.9. The first-order valence-corrected chi connectivity index (χ1v) is 13.9. The number of aromatic nitrogens is 1. The third-order valence-electron chi connectivity index (χ3n) is 4.93. The smallest absolute Gasteiger partial charge is 0.273 e. The van der Waals surface area contributed by atoms with Crippen molar-refractivity contribution in [3.8, 4) is 0 Å². The zero-order chi connectivity index (χ0) is 25.1. The molecule has 0 saturated carbocycles. The molecule has 4 rings (SSSR count). The van der Waals surface area contributed by atoms with Crippen LogP contribution in [0.25, 0.3) is 0 Å². The van der Waals surface area contributed by atoms with Crippen molar-refractivity contribution in [1.29, 1.82) is 0 Å². The van der Waals surface area contributed by atoms with Crippen LogP contribution in [-0.4, -0.2) is 34.8 Å². The summed E-state index contributed by atoms with van der Waals surface area (Å²) in [6.07, 6.45) is 1.48. The van der Waals surface area contributed by atoms with Gasteiger partial charge < -0.3 is 5.32 Å². The van der Waals surface area contributed by atoms with E-state index in [1.54, 1.807) is 35.7 Å². The van der Waals surface area contributed by atoms with Gasteiger partial charge >= 0.3 is 0 Å². The number of carbonyl (C=O) groups is 1. The number of anilines is 3. The molecule has 0 spiro atoms. The summed E-state index contributed by atoms with van der Waals surface area (Å²) in [7, 11) is -6.06. The van der Waals surface area contributed by atoms with Crippen LogP contribution in [0.15, 0.2) is 99.5 Å². The first-order chi connectivity index (χ1) is 16.7. The first kappa shape index (κ1) is 24.4. The molecule has 0 unspecified atom stereocenters. The first-order valence-electron chi connectivity index (χ1n) is 10.1. The topological polar surface area (TPSA) is 126 Å². The second-order valence-electron chi connectivity index (χ2n) is 7.25. The molecule has 2 aromatic heterocycles. The number of rotatable bonds is 8. The van der Waals surface area contributed by atoms with Gasteiger partial charge in [0.25, 0.3) is 26.0 Å². The maximum absolute atomic E-state index is 12.7. The van der Waals surface area contributed by atoms with Crippen molar-refractivity contribution in [3.63, 3.8) is 0 Å². The molecule has 35 heavy (non-hydrogen) atoms. The fourth-order valence-electron chi connectivity index (χ4n) is 3.05. The van der Waals surface area contributed by atoms with Gasteiger partial charge in [-0.3, -0.25) is 13.8 Å². The van der Waals surface area contributed by atoms with Crippen molar-refractivity contribution in [1.82, 2.24) is 4.98 Å². The van der Waals surface area contributed by atoms with Gasteiger partial charge in [-0.05, 0) is 72.1 Å². The van der Waals surface area contributed by atoms with Gasteiger partial charge in [-0.15, -0.1) is 11.3 Å². The Morgan fingerprint density at radius 3 is 2.20 bits per heavy atom. The largest absolute Gasteiger partial charge is 0.322 e. The van der Waals surface area contributed by atoms with Gasteiger partial charge in [0.1, 0.15) is 10.0 Å². The summed E-state index contributed by atoms with van der Waals surface area (Å²) < 4.78 is 54.1. The number of thiophene rings is 1. The quantitative estimate of drug-likeness (QED) is 0.356. The van der Waals surface area contributed by atoms with Crippen molar-refractivity contribution < 1.29 is 21.6 Å². The van der Waals surface area contributed by atoms with Crippen LogP contribution in [0, 0.1) is 0 Å². The summed E-state index contributed by atoms with van der Waals surface area (Å²) in [4.78, 5) is 16.6. The van der Waals surface area contributed by atoms with Gasteiger partial charge in [0.05, 0.1) is 10.6 Å². The molecule has 0 saturated heterocycles. The molecule has 2 N–H and O–H groups in total. The number of hydrogen-bond acceptors (Lipinski definition) is 7. The van der Waals surface area contributed by atoms with Crippen LogP contribution in [0.1, 0.15) is 10.4 Å². The Labute approximate surface area is 207 Å². The summed E-state index contributed by atoms with van der Waals surface area (Å²) in [5, 5.41) is 4.38. The molecule has 9 nitrogen and oxygen atoms in total. The molecule has 0 atom stereocenters. The van der Waals surface area contributed by atoms with Gasteiger partial charge in [0.15, 0.2) is 0 Å². The van der Waals surface area contributed by atoms with E-state index in [0.717, 1.165) is 15.6 Å². The Kier molecular flexibility index (Phi) is 6.87. The van der Waals surface area contributed by atoms with Crippen LogP contribution < -0.4 is 14.3 Å². The molecule has 1 amide bonds. The molecule has 0 radical (unpaired) electrons. The Morgan fingerprint density at radius 2 is 1.60 bits per heavy atom. The number of benzene rings is 2. The number of pyridine rings is 1. The Morgan fingerprint density at radius 1 is 0.886 bits per heavy atom. The molecular formula is C23H20N4O5S3. The number of carbonyl (C=O) groups excluding carboxylic acids is 1. The lowest BCUT2D eigenvalue weighted by Crippen LogP contribution is -2.25. The molecular weight excluding hydrogens is 508 g/mol. The van der Waals surface area contributed by atoms with E-state index in [9.17, 15) is 21.6 Å². The van der Waals surface area contributed by atoms with E-state index in [1.807, 2.05) is 0 Å². The highest BCUT2D eigenvalue weighted by molar-refractivity contribution is 7.94. The summed E-state index contributed by atoms with van der Waals surface area (Å²) in [6.45, 7) is 0. The minimum Gasteiger partial charge on any atom is -0.322 e. The minimum absolute atomic E-state index is 0.0143. The van der Waals surface area contributed by atoms with Crippen LogP contribution in [0.4, 0.5) is 17.2 Å². The van der Waals surface area contributed by atoms with Crippen LogP contribution >= 0.6 is 11.3 Å². The second kappa shape index (κ2) is 9.86. The van der Waals surface area contributed by atoms with E-state index >= 15 is 0 Å². The summed E-state index contributed by atoms with van der Waals surface area (Å²) in [5.41, 5.74) is 1.11. The van der Waals surface area contributed by atoms with E-state index < -0.39 is 26.0 Å². The van der Waals surface area contributed by atoms with Gasteiger partial charge in [-0.1, -0.05) is 12.1 Å². The van der Waals surface area contributed by atoms with Crippen molar-refractivity contribution >= 4 is 54.5 Å². The van der Waals surface area contributed by atoms with Crippen molar-refractivity contribution in [2.24, 2.45) is 0 Å². The van der Waals surface area contributed by atoms with Crippen LogP contribution in [-0.2, 0) is 20.0 Å². The summed E-state index contributed by atoms with van der Waals surface area (Å²) >= 11 is 1.13. The average molecular weight is 529 g/mol. The third-order valence-corrected chi connectivity index (χ3v) is 9.46. The standard InChI is InChI=1S/C23H20N4O5S3/c1-27(35(31,32)22-6-4-16-33-22)19-11-7-17(8-12-19)23(28)25-18-9-13-20(14-10-18)34(29,30)26-21-5-2-3-15-24-21/h2-16H,1H3,(H,24,26)(H,25,28). The SMILES string of the molecule is CN(c1ccc(C(=O)Nc2ccc(S(=O)(=O)Nc3ccccn3)cc2)cc1)S(=O)(=O)c1cccs1. The normalized spacial score (nSPS) is 11.6. The minimum atomic E-state index is -3.83. The molecule has 0 aliphatic heterocycles. The number of nitrogens with zero attached hydrogens (tertiary/aromatic N) is 2. The Balaban J connectivity index is 1.42. The van der Waals surface area contributed by atoms with Crippen LogP contribution in [0.5, 0.6) is 0 Å². The Bertz CT molecular complexity index is 1520. The lowest BCUT2D eigenvalue weighted by Gasteiger charge is -2.18. The number of nitrogens with one attached hydrogen (secondary N) is 2. The fraction of sp³-hybridized carbons (Fsp3) is 0.0435. The molecule has 0 aliphatic rings. The molecule has 12 heteroatoms. The number of hydrogen-bond donors (Lipinski definition) is 2. The fourth-order valence-corrected chi connectivity index (χ4v) is 6.41. The van der Waals surface area contributed by atoms with Crippen molar-refractivity contribution in [3.05, 3.63) is 96.0 Å². The molecule has 2 heterocycles. The van der Waals surface area contributed by atoms with E-state index in [4.69, 9.17) is 0 Å². The zero-order valence-electron chi connectivity index (χ0n) is 18.3. The highest BCUT2D eigenvalue weighted by Gasteiger charge is 2.22. The number of amides is 1. The second-order valence-corrected chi connectivity index (χ2v) is 12.1. The van der Waals surface area contributed by atoms with Gasteiger partial charge in [0, 0.05) is 24.5 Å². The molecule has 4 aromatic rings. The third kappa shape index (κ3) is 5.50. The van der Waals surface area contributed by atoms with Gasteiger partial charge in [-0.2, -0.15) is 0 Å². The van der Waals surface area contributed by atoms with Crippen LogP contribution in [0.2, 0.25) is 0 Å². The van der Waals surface area contributed by atoms with E-state index in [0.29, 0.717) is 16.9 Å². The van der Waals surface area contributed by atoms with E-state index in [-0.39, 0.29) is 14.9 Å². The molecule has 0 fully saturated rings. The highest BCUT2D eigenvalue weighted by Crippen LogP contribution is 2.25. The van der Waals surface area contributed by atoms with Gasteiger partial charge in [-0.25, -0.2) is 21.8 Å². The van der Waals surface area contributed by atoms with E-state index in [1.165, 1.54) is 61.8 Å². The lowest BCUT2D eigenvalue weighted by atomic mass is 10.2. The van der Waals surface area contributed by atoms with Crippen molar-refractivity contribution in [2.45, 2.75) is 9.10 Å². The predicted octanol–water partition coefficient (Wildman–Crippen LogP) is 4.02. The van der Waals surface area contributed by atoms with Gasteiger partial charge in [0.2, 0.25) is 0 Å². The molecule has 0 bridgehead atoms. The Hall–Kier alpha value is -3.74. The molecule has 2 aromatic carbocycles. The molecule has 180 valence electrons. The maximum atomic E-state index is 12.7. The summed E-state index contributed by atoms with van der Waals surface area (Å²) in [5.74, 6) is -0.232. The maximum Gasteiger partial charge on any atom is 0.273 e. The monoisotopic (exact) mass is 528 g/mol. The average Bonchev–Trinajstić information content (AvgIpc) is 3.40. The number of sulfonamides is 2. The predicted molar refractivity (Wildman–Crippen MR) is 136 cm³/mol. The van der Waals surface area contributed by atoms with Crippen molar-refractivity contribution in [2.75, 3.05) is 21.4 Å². The van der Waals surface area contributed by atoms with Crippen LogP contribution in [0.3, 0.4) is 0 Å². The highest BCUT2D eigenvalue weighted by atomic mass is 32.2. The van der Waals surface area contributed by atoms with E-state index in [2.05, 4.69) is 15.0 Å².